The molecule has 0 heterocycles. The van der Waals surface area contributed by atoms with Gasteiger partial charge in [0.2, 0.25) is 0 Å². The molecule has 0 fully saturated rings. The third-order valence-corrected chi connectivity index (χ3v) is 2.52. The molecule has 0 spiro atoms. The number of hydrogen-bond acceptors (Lipinski definition) is 3. The number of nitrogens with two attached hydrogens (primary N) is 1. The van der Waals surface area contributed by atoms with E-state index in [1.165, 1.54) is 32.1 Å². The highest BCUT2D eigenvalue weighted by Gasteiger charge is 1.98. The Morgan fingerprint density at radius 1 is 1.13 bits per heavy atom. The lowest BCUT2D eigenvalue weighted by Gasteiger charge is -2.03. The average molecular weight is 212 g/mol. The first-order valence-corrected chi connectivity index (χ1v) is 5.90. The molecular formula is C12H24N2O. The van der Waals surface area contributed by atoms with Gasteiger partial charge in [-0.05, 0) is 12.8 Å². The number of nitrogens with one attached hydrogen (secondary N) is 1. The molecule has 0 unspecified atom stereocenters. The second-order valence-electron chi connectivity index (χ2n) is 3.93. The summed E-state index contributed by atoms with van der Waals surface area (Å²) in [5, 5.41) is 15.9. The first kappa shape index (κ1) is 14.0. The first-order valence-electron chi connectivity index (χ1n) is 5.90. The fourth-order valence-electron chi connectivity index (χ4n) is 1.49. The minimum absolute atomic E-state index is 0.0824. The maximum atomic E-state index is 9.11. The molecule has 15 heavy (non-hydrogen) atoms. The number of aliphatic hydroxyl groups excluding tert-OH is 1. The molecule has 0 amide bonds. The van der Waals surface area contributed by atoms with E-state index in [9.17, 15) is 0 Å². The smallest absolute Gasteiger partial charge is 0.151 e. The zero-order valence-corrected chi connectivity index (χ0v) is 9.76. The van der Waals surface area contributed by atoms with Gasteiger partial charge in [-0.1, -0.05) is 45.4 Å². The van der Waals surface area contributed by atoms with Crippen LogP contribution in [0, 0.1) is 5.41 Å². The predicted molar refractivity (Wildman–Crippen MR) is 65.2 cm³/mol. The topological polar surface area (TPSA) is 70.1 Å². The van der Waals surface area contributed by atoms with Crippen LogP contribution in [-0.4, -0.2) is 11.3 Å². The Kier molecular flexibility index (Phi) is 8.93. The summed E-state index contributed by atoms with van der Waals surface area (Å²) in [7, 11) is 0. The van der Waals surface area contributed by atoms with Gasteiger partial charge >= 0.3 is 0 Å². The molecular weight excluding hydrogens is 188 g/mol. The van der Waals surface area contributed by atoms with Crippen molar-refractivity contribution in [3.05, 3.63) is 11.5 Å². The molecule has 0 aliphatic carbocycles. The molecule has 3 nitrogen and oxygen atoms in total. The fourth-order valence-corrected chi connectivity index (χ4v) is 1.49. The van der Waals surface area contributed by atoms with E-state index < -0.39 is 0 Å². The van der Waals surface area contributed by atoms with Gasteiger partial charge in [0.25, 0.3) is 0 Å². The van der Waals surface area contributed by atoms with E-state index in [2.05, 4.69) is 6.92 Å². The van der Waals surface area contributed by atoms with Crippen LogP contribution in [0.5, 0.6) is 0 Å². The van der Waals surface area contributed by atoms with Crippen molar-refractivity contribution in [1.29, 1.82) is 5.41 Å². The second-order valence-corrected chi connectivity index (χ2v) is 3.93. The molecule has 0 radical (unpaired) electrons. The van der Waals surface area contributed by atoms with E-state index >= 15 is 0 Å². The molecule has 0 bridgehead atoms. The summed E-state index contributed by atoms with van der Waals surface area (Å²) in [6.45, 7) is 2.21. The van der Waals surface area contributed by atoms with Crippen LogP contribution in [0.1, 0.15) is 58.3 Å². The number of aliphatic hydroxyl groups is 1. The maximum absolute atomic E-state index is 9.11. The van der Waals surface area contributed by atoms with Crippen molar-refractivity contribution in [2.24, 2.45) is 5.73 Å². The first-order chi connectivity index (χ1) is 7.22. The predicted octanol–water partition coefficient (Wildman–Crippen LogP) is 3.50. The van der Waals surface area contributed by atoms with Crippen molar-refractivity contribution in [3.8, 4) is 0 Å². The lowest BCUT2D eigenvalue weighted by Crippen LogP contribution is -2.03. The minimum atomic E-state index is -0.0824. The average Bonchev–Trinajstić information content (AvgIpc) is 2.26. The molecule has 0 rings (SSSR count). The van der Waals surface area contributed by atoms with E-state index in [-0.39, 0.29) is 5.76 Å². The molecule has 0 aromatic heterocycles. The molecule has 3 heteroatoms. The molecule has 0 aliphatic heterocycles. The van der Waals surface area contributed by atoms with Crippen molar-refractivity contribution in [3.63, 3.8) is 0 Å². The van der Waals surface area contributed by atoms with Crippen LogP contribution < -0.4 is 5.73 Å². The standard InChI is InChI=1S/C12H24N2O/c1-2-3-4-5-6-7-8-9-11(14)12(15)10-13/h10,13,15H,2-9,14H2,1H3/b12-11+,13-10?. The van der Waals surface area contributed by atoms with Gasteiger partial charge < -0.3 is 16.2 Å². The zero-order chi connectivity index (χ0) is 11.5. The summed E-state index contributed by atoms with van der Waals surface area (Å²) in [6.07, 6.45) is 10.3. The van der Waals surface area contributed by atoms with E-state index in [1.54, 1.807) is 0 Å². The summed E-state index contributed by atoms with van der Waals surface area (Å²) >= 11 is 0. The summed E-state index contributed by atoms with van der Waals surface area (Å²) in [6, 6.07) is 0. The number of rotatable bonds is 9. The summed E-state index contributed by atoms with van der Waals surface area (Å²) in [5.74, 6) is -0.0824. The van der Waals surface area contributed by atoms with Crippen LogP contribution in [0.15, 0.2) is 11.5 Å². The Hall–Kier alpha value is -0.990. The van der Waals surface area contributed by atoms with Crippen LogP contribution in [0.2, 0.25) is 0 Å². The zero-order valence-electron chi connectivity index (χ0n) is 9.76. The van der Waals surface area contributed by atoms with Gasteiger partial charge in [0, 0.05) is 0 Å². The lowest BCUT2D eigenvalue weighted by atomic mass is 10.1. The molecule has 0 atom stereocenters. The highest BCUT2D eigenvalue weighted by Crippen LogP contribution is 2.10. The number of hydrogen-bond donors (Lipinski definition) is 3. The van der Waals surface area contributed by atoms with Crippen molar-refractivity contribution in [1.82, 2.24) is 0 Å². The third-order valence-electron chi connectivity index (χ3n) is 2.52. The summed E-state index contributed by atoms with van der Waals surface area (Å²) in [5.41, 5.74) is 6.01. The monoisotopic (exact) mass is 212 g/mol. The number of allylic oxidation sites excluding steroid dienone is 2. The minimum Gasteiger partial charge on any atom is -0.505 e. The van der Waals surface area contributed by atoms with Crippen LogP contribution in [0.3, 0.4) is 0 Å². The van der Waals surface area contributed by atoms with Crippen LogP contribution >= 0.6 is 0 Å². The van der Waals surface area contributed by atoms with Crippen LogP contribution in [-0.2, 0) is 0 Å². The SMILES string of the molecule is CCCCCCCCC/C(N)=C(\O)C=N. The Morgan fingerprint density at radius 2 is 1.67 bits per heavy atom. The molecule has 0 saturated heterocycles. The van der Waals surface area contributed by atoms with Gasteiger partial charge in [-0.3, -0.25) is 0 Å². The quantitative estimate of drug-likeness (QED) is 0.311. The van der Waals surface area contributed by atoms with E-state index in [4.69, 9.17) is 16.2 Å². The summed E-state index contributed by atoms with van der Waals surface area (Å²) < 4.78 is 0. The fraction of sp³-hybridized carbons (Fsp3) is 0.750. The Morgan fingerprint density at radius 3 is 2.20 bits per heavy atom. The lowest BCUT2D eigenvalue weighted by molar-refractivity contribution is 0.433. The Bertz CT molecular complexity index is 200. The number of unbranched alkanes of at least 4 members (excludes halogenated alkanes) is 6. The molecule has 0 aliphatic rings. The van der Waals surface area contributed by atoms with Crippen molar-refractivity contribution < 1.29 is 5.11 Å². The van der Waals surface area contributed by atoms with Crippen molar-refractivity contribution >= 4 is 6.21 Å². The van der Waals surface area contributed by atoms with Crippen LogP contribution in [0.25, 0.3) is 0 Å². The second kappa shape index (κ2) is 9.56. The largest absolute Gasteiger partial charge is 0.505 e. The summed E-state index contributed by atoms with van der Waals surface area (Å²) in [4.78, 5) is 0. The van der Waals surface area contributed by atoms with E-state index in [1.807, 2.05) is 0 Å². The van der Waals surface area contributed by atoms with Gasteiger partial charge in [-0.25, -0.2) is 0 Å². The maximum Gasteiger partial charge on any atom is 0.151 e. The third kappa shape index (κ3) is 8.03. The molecule has 88 valence electrons. The Balaban J connectivity index is 3.35. The van der Waals surface area contributed by atoms with Gasteiger partial charge in [-0.2, -0.15) is 0 Å². The Labute approximate surface area is 92.9 Å². The normalized spacial score (nSPS) is 12.3. The highest BCUT2D eigenvalue weighted by molar-refractivity contribution is 5.73. The van der Waals surface area contributed by atoms with Crippen molar-refractivity contribution in [2.75, 3.05) is 0 Å². The van der Waals surface area contributed by atoms with E-state index in [0.717, 1.165) is 19.1 Å². The molecule has 0 saturated carbocycles. The van der Waals surface area contributed by atoms with Gasteiger partial charge in [0.15, 0.2) is 5.76 Å². The van der Waals surface area contributed by atoms with Crippen LogP contribution in [0.4, 0.5) is 0 Å². The molecule has 4 N–H and O–H groups in total. The molecule has 0 aromatic rings. The highest BCUT2D eigenvalue weighted by atomic mass is 16.3. The van der Waals surface area contributed by atoms with Crippen molar-refractivity contribution in [2.45, 2.75) is 58.3 Å². The van der Waals surface area contributed by atoms with Gasteiger partial charge in [-0.15, -0.1) is 0 Å². The van der Waals surface area contributed by atoms with Gasteiger partial charge in [0.1, 0.15) is 0 Å². The molecule has 0 aromatic carbocycles. The van der Waals surface area contributed by atoms with E-state index in [0.29, 0.717) is 12.1 Å². The van der Waals surface area contributed by atoms with Gasteiger partial charge in [0.05, 0.1) is 11.9 Å².